The number of esters is 1. The molecule has 0 aromatic heterocycles. The molecule has 190 valence electrons. The molecule has 0 spiro atoms. The summed E-state index contributed by atoms with van der Waals surface area (Å²) in [5, 5.41) is 0. The fraction of sp³-hybridized carbons (Fsp3) is 0.731. The van der Waals surface area contributed by atoms with Crippen LogP contribution >= 0.6 is 7.82 Å². The van der Waals surface area contributed by atoms with Crippen molar-refractivity contribution in [1.29, 1.82) is 0 Å². The van der Waals surface area contributed by atoms with E-state index >= 15 is 0 Å². The van der Waals surface area contributed by atoms with E-state index in [9.17, 15) is 19.1 Å². The lowest BCUT2D eigenvalue weighted by Gasteiger charge is -2.53. The number of fused-ring (bicyclic) bond motifs is 5. The number of nitrogens with zero attached hydrogens (tertiary/aromatic N) is 1. The molecule has 0 bridgehead atoms. The van der Waals surface area contributed by atoms with Crippen molar-refractivity contribution in [1.82, 2.24) is 4.90 Å². The maximum Gasteiger partial charge on any atom is 0.524 e. The number of rotatable bonds is 8. The fourth-order valence-corrected chi connectivity index (χ4v) is 7.68. The molecule has 6 atom stereocenters. The van der Waals surface area contributed by atoms with Crippen molar-refractivity contribution in [2.75, 3.05) is 20.6 Å². The van der Waals surface area contributed by atoms with Crippen molar-refractivity contribution in [3.63, 3.8) is 0 Å². The molecular weight excluding hydrogens is 453 g/mol. The number of hydrogen-bond acceptors (Lipinski definition) is 5. The van der Waals surface area contributed by atoms with Gasteiger partial charge in [-0.15, -0.1) is 0 Å². The van der Waals surface area contributed by atoms with Crippen LogP contribution in [0.25, 0.3) is 0 Å². The van der Waals surface area contributed by atoms with E-state index in [0.717, 1.165) is 44.9 Å². The van der Waals surface area contributed by atoms with Crippen LogP contribution in [0, 0.1) is 23.2 Å². The van der Waals surface area contributed by atoms with Gasteiger partial charge in [0, 0.05) is 12.0 Å². The molecular formula is C26H40NO6P. The van der Waals surface area contributed by atoms with Gasteiger partial charge in [-0.2, -0.15) is 0 Å². The normalized spacial score (nSPS) is 32.6. The molecule has 3 aliphatic carbocycles. The highest BCUT2D eigenvalue weighted by Crippen LogP contribution is 2.63. The molecule has 1 aromatic carbocycles. The molecule has 2 fully saturated rings. The second kappa shape index (κ2) is 9.93. The SMILES string of the molecule is CCC[C@@H]1Cc2cc(OP(=O)(O)O)ccc2[C@H]2CC[C@]3(C)[C@@H](OC(=O)CCN(C)C)CC[C@H]3[C@H]12. The Hall–Kier alpha value is -1.40. The van der Waals surface area contributed by atoms with Gasteiger partial charge in [-0.05, 0) is 93.1 Å². The lowest BCUT2D eigenvalue weighted by atomic mass is 9.52. The van der Waals surface area contributed by atoms with Crippen molar-refractivity contribution < 1.29 is 28.4 Å². The lowest BCUT2D eigenvalue weighted by Crippen LogP contribution is -2.48. The average molecular weight is 494 g/mol. The molecule has 8 heteroatoms. The molecule has 7 nitrogen and oxygen atoms in total. The Morgan fingerprint density at radius 2 is 2.00 bits per heavy atom. The van der Waals surface area contributed by atoms with Crippen LogP contribution in [0.1, 0.15) is 75.8 Å². The molecule has 2 saturated carbocycles. The zero-order valence-electron chi connectivity index (χ0n) is 20.9. The molecule has 0 aliphatic heterocycles. The van der Waals surface area contributed by atoms with Crippen LogP contribution in [0.4, 0.5) is 0 Å². The Morgan fingerprint density at radius 3 is 2.68 bits per heavy atom. The van der Waals surface area contributed by atoms with Gasteiger partial charge in [-0.3, -0.25) is 14.6 Å². The molecule has 0 radical (unpaired) electrons. The molecule has 0 heterocycles. The minimum atomic E-state index is -4.58. The van der Waals surface area contributed by atoms with E-state index in [0.29, 0.717) is 36.6 Å². The first kappa shape index (κ1) is 25.7. The molecule has 2 N–H and O–H groups in total. The first-order valence-corrected chi connectivity index (χ1v) is 14.3. The van der Waals surface area contributed by atoms with Crippen LogP contribution in [0.5, 0.6) is 5.75 Å². The lowest BCUT2D eigenvalue weighted by molar-refractivity contribution is -0.158. The molecule has 34 heavy (non-hydrogen) atoms. The molecule has 4 rings (SSSR count). The Kier molecular flexibility index (Phi) is 7.50. The van der Waals surface area contributed by atoms with Gasteiger partial charge in [0.2, 0.25) is 0 Å². The number of carbonyl (C=O) groups excluding carboxylic acids is 1. The van der Waals surface area contributed by atoms with Crippen molar-refractivity contribution in [3.8, 4) is 5.75 Å². The van der Waals surface area contributed by atoms with Crippen molar-refractivity contribution >= 4 is 13.8 Å². The Labute approximate surface area is 203 Å². The van der Waals surface area contributed by atoms with E-state index in [1.54, 1.807) is 6.07 Å². The highest BCUT2D eigenvalue weighted by atomic mass is 31.2. The van der Waals surface area contributed by atoms with Crippen molar-refractivity contribution in [2.45, 2.75) is 77.2 Å². The van der Waals surface area contributed by atoms with Crippen LogP contribution in [0.2, 0.25) is 0 Å². The number of phosphoric acid groups is 1. The first-order chi connectivity index (χ1) is 16.0. The highest BCUT2D eigenvalue weighted by Gasteiger charge is 2.58. The van der Waals surface area contributed by atoms with Crippen LogP contribution in [-0.4, -0.2) is 47.4 Å². The predicted molar refractivity (Wildman–Crippen MR) is 131 cm³/mol. The Morgan fingerprint density at radius 1 is 1.24 bits per heavy atom. The molecule has 0 saturated heterocycles. The maximum absolute atomic E-state index is 12.5. The third-order valence-electron chi connectivity index (χ3n) is 8.71. The van der Waals surface area contributed by atoms with Crippen LogP contribution in [-0.2, 0) is 20.5 Å². The molecule has 0 amide bonds. The third kappa shape index (κ3) is 5.23. The summed E-state index contributed by atoms with van der Waals surface area (Å²) in [5.41, 5.74) is 2.49. The van der Waals surface area contributed by atoms with Crippen LogP contribution < -0.4 is 4.52 Å². The Bertz CT molecular complexity index is 945. The fourth-order valence-electron chi connectivity index (χ4n) is 7.29. The van der Waals surface area contributed by atoms with Gasteiger partial charge in [-0.1, -0.05) is 32.8 Å². The Balaban J connectivity index is 1.57. The minimum absolute atomic E-state index is 0.00388. The van der Waals surface area contributed by atoms with Crippen LogP contribution in [0.15, 0.2) is 18.2 Å². The summed E-state index contributed by atoms with van der Waals surface area (Å²) in [6.07, 6.45) is 7.69. The summed E-state index contributed by atoms with van der Waals surface area (Å²) in [6, 6.07) is 5.56. The van der Waals surface area contributed by atoms with Gasteiger partial charge in [-0.25, -0.2) is 4.57 Å². The second-order valence-electron chi connectivity index (χ2n) is 11.1. The predicted octanol–water partition coefficient (Wildman–Crippen LogP) is 4.90. The van der Waals surface area contributed by atoms with E-state index < -0.39 is 7.82 Å². The van der Waals surface area contributed by atoms with Crippen molar-refractivity contribution in [2.24, 2.45) is 23.2 Å². The second-order valence-corrected chi connectivity index (χ2v) is 12.3. The number of benzene rings is 1. The maximum atomic E-state index is 12.5. The topological polar surface area (TPSA) is 96.3 Å². The van der Waals surface area contributed by atoms with Gasteiger partial charge in [0.05, 0.1) is 6.42 Å². The van der Waals surface area contributed by atoms with E-state index in [2.05, 4.69) is 13.8 Å². The summed E-state index contributed by atoms with van der Waals surface area (Å²) in [6.45, 7) is 5.28. The first-order valence-electron chi connectivity index (χ1n) is 12.7. The monoisotopic (exact) mass is 493 g/mol. The highest BCUT2D eigenvalue weighted by molar-refractivity contribution is 7.46. The van der Waals surface area contributed by atoms with Crippen LogP contribution in [0.3, 0.4) is 0 Å². The molecule has 1 aromatic rings. The quantitative estimate of drug-likeness (QED) is 0.393. The standard InChI is InChI=1S/C26H40NO6P/c1-5-6-17-15-18-16-19(33-34(29,30)31)7-8-20(18)21-11-13-26(2)22(25(17)21)9-10-23(26)32-24(28)12-14-27(3)4/h7-8,16-17,21-23,25H,5-6,9-15H2,1-4H3,(H2,29,30,31)/t17-,21-,22+,23+,25-,26+/m1/s1. The minimum Gasteiger partial charge on any atom is -0.462 e. The zero-order valence-corrected chi connectivity index (χ0v) is 21.8. The summed E-state index contributed by atoms with van der Waals surface area (Å²) >= 11 is 0. The van der Waals surface area contributed by atoms with E-state index in [1.165, 1.54) is 11.1 Å². The number of ether oxygens (including phenoxy) is 1. The van der Waals surface area contributed by atoms with E-state index in [4.69, 9.17) is 9.26 Å². The molecule has 3 aliphatic rings. The van der Waals surface area contributed by atoms with E-state index in [1.807, 2.05) is 31.1 Å². The van der Waals surface area contributed by atoms with Gasteiger partial charge >= 0.3 is 13.8 Å². The summed E-state index contributed by atoms with van der Waals surface area (Å²) in [4.78, 5) is 33.0. The number of phosphoric ester groups is 1. The zero-order chi connectivity index (χ0) is 24.7. The smallest absolute Gasteiger partial charge is 0.462 e. The average Bonchev–Trinajstić information content (AvgIpc) is 3.07. The van der Waals surface area contributed by atoms with Gasteiger partial charge < -0.3 is 14.2 Å². The molecule has 0 unspecified atom stereocenters. The van der Waals surface area contributed by atoms with Gasteiger partial charge in [0.1, 0.15) is 11.9 Å². The largest absolute Gasteiger partial charge is 0.524 e. The van der Waals surface area contributed by atoms with Crippen molar-refractivity contribution in [3.05, 3.63) is 29.3 Å². The summed E-state index contributed by atoms with van der Waals surface area (Å²) in [5.74, 6) is 2.18. The number of hydrogen-bond donors (Lipinski definition) is 2. The van der Waals surface area contributed by atoms with Gasteiger partial charge in [0.15, 0.2) is 0 Å². The van der Waals surface area contributed by atoms with E-state index in [-0.39, 0.29) is 23.2 Å². The number of carbonyl (C=O) groups is 1. The third-order valence-corrected chi connectivity index (χ3v) is 9.16. The van der Waals surface area contributed by atoms with Gasteiger partial charge in [0.25, 0.3) is 0 Å². The summed E-state index contributed by atoms with van der Waals surface area (Å²) in [7, 11) is -0.638. The summed E-state index contributed by atoms with van der Waals surface area (Å²) < 4.78 is 22.3.